The van der Waals surface area contributed by atoms with Gasteiger partial charge in [-0.3, -0.25) is 14.5 Å². The fraction of sp³-hybridized carbons (Fsp3) is 0.440. The highest BCUT2D eigenvalue weighted by Crippen LogP contribution is 2.35. The third-order valence-electron chi connectivity index (χ3n) is 6.05. The molecule has 0 radical (unpaired) electrons. The molecule has 34 heavy (non-hydrogen) atoms. The van der Waals surface area contributed by atoms with Crippen LogP contribution in [0.25, 0.3) is 0 Å². The molecular weight excluding hydrogens is 454 g/mol. The summed E-state index contributed by atoms with van der Waals surface area (Å²) in [7, 11) is -3.50. The van der Waals surface area contributed by atoms with E-state index in [9.17, 15) is 13.2 Å². The summed E-state index contributed by atoms with van der Waals surface area (Å²) in [5.74, 6) is 1.93. The first-order valence-electron chi connectivity index (χ1n) is 11.6. The Morgan fingerprint density at radius 3 is 2.65 bits per heavy atom. The number of carbonyl (C=O) groups is 1. The maximum atomic E-state index is 12.3. The number of fused-ring (bicyclic) bond motifs is 2. The fourth-order valence-electron chi connectivity index (χ4n) is 3.99. The van der Waals surface area contributed by atoms with Gasteiger partial charge in [-0.1, -0.05) is 38.5 Å². The monoisotopic (exact) mass is 485 g/mol. The van der Waals surface area contributed by atoms with E-state index in [2.05, 4.69) is 28.9 Å². The van der Waals surface area contributed by atoms with E-state index in [0.29, 0.717) is 44.1 Å². The van der Waals surface area contributed by atoms with Gasteiger partial charge < -0.3 is 14.8 Å². The minimum atomic E-state index is -3.50. The summed E-state index contributed by atoms with van der Waals surface area (Å²) < 4.78 is 38.0. The lowest BCUT2D eigenvalue weighted by Gasteiger charge is -2.28. The van der Waals surface area contributed by atoms with Gasteiger partial charge in [-0.25, -0.2) is 8.42 Å². The van der Waals surface area contributed by atoms with Crippen molar-refractivity contribution in [1.29, 1.82) is 0 Å². The summed E-state index contributed by atoms with van der Waals surface area (Å²) in [6.45, 7) is 6.32. The van der Waals surface area contributed by atoms with Crippen molar-refractivity contribution in [3.8, 4) is 11.5 Å². The minimum absolute atomic E-state index is 0.0226. The predicted octanol–water partition coefficient (Wildman–Crippen LogP) is 3.15. The Hall–Kier alpha value is -3.07. The molecule has 182 valence electrons. The fourth-order valence-corrected chi connectivity index (χ4v) is 5.24. The molecule has 1 amide bonds. The number of carbonyl (C=O) groups excluding carboxylic acids is 1. The maximum Gasteiger partial charge on any atom is 0.263 e. The molecule has 2 N–H and O–H groups in total. The summed E-state index contributed by atoms with van der Waals surface area (Å²) in [6, 6.07) is 12.8. The van der Waals surface area contributed by atoms with Gasteiger partial charge in [0.2, 0.25) is 5.91 Å². The second-order valence-corrected chi connectivity index (χ2v) is 10.8. The lowest BCUT2D eigenvalue weighted by molar-refractivity contribution is -0.121. The van der Waals surface area contributed by atoms with Crippen molar-refractivity contribution in [3.05, 3.63) is 53.6 Å². The Kier molecular flexibility index (Phi) is 7.11. The number of unbranched alkanes of at least 4 members (excludes halogenated alkanes) is 2. The molecule has 9 heteroatoms. The van der Waals surface area contributed by atoms with Gasteiger partial charge in [0.25, 0.3) is 10.0 Å². The Morgan fingerprint density at radius 1 is 1.06 bits per heavy atom. The van der Waals surface area contributed by atoms with E-state index in [4.69, 9.17) is 9.47 Å². The third-order valence-corrected chi connectivity index (χ3v) is 7.44. The topological polar surface area (TPSA) is 106 Å². The van der Waals surface area contributed by atoms with E-state index in [1.807, 2.05) is 18.2 Å². The van der Waals surface area contributed by atoms with Gasteiger partial charge in [0.1, 0.15) is 19.0 Å². The van der Waals surface area contributed by atoms with Crippen LogP contribution in [0.5, 0.6) is 11.5 Å². The Labute approximate surface area is 200 Å². The van der Waals surface area contributed by atoms with Gasteiger partial charge in [0.15, 0.2) is 11.5 Å². The molecule has 2 aromatic rings. The zero-order valence-electron chi connectivity index (χ0n) is 19.6. The smallest absolute Gasteiger partial charge is 0.263 e. The molecule has 4 rings (SSSR count). The predicted molar refractivity (Wildman–Crippen MR) is 130 cm³/mol. The van der Waals surface area contributed by atoms with Gasteiger partial charge in [-0.05, 0) is 42.7 Å². The second-order valence-electron chi connectivity index (χ2n) is 9.16. The SMILES string of the molecule is CC(C)(CNC(=O)CCCCCN=C1NS(=O)(=O)c2ccccc21)c1ccc2c(c1)OCCO2. The summed E-state index contributed by atoms with van der Waals surface area (Å²) in [5, 5.41) is 3.04. The van der Waals surface area contributed by atoms with E-state index in [1.54, 1.807) is 24.3 Å². The van der Waals surface area contributed by atoms with E-state index in [1.165, 1.54) is 0 Å². The van der Waals surface area contributed by atoms with Crippen LogP contribution in [0.1, 0.15) is 50.7 Å². The average molecular weight is 486 g/mol. The van der Waals surface area contributed by atoms with Crippen LogP contribution >= 0.6 is 0 Å². The molecule has 0 fully saturated rings. The van der Waals surface area contributed by atoms with Crippen molar-refractivity contribution in [2.45, 2.75) is 49.8 Å². The zero-order chi connectivity index (χ0) is 24.2. The number of nitrogens with one attached hydrogen (secondary N) is 2. The molecule has 0 saturated carbocycles. The number of hydrogen-bond acceptors (Lipinski definition) is 6. The number of rotatable bonds is 9. The minimum Gasteiger partial charge on any atom is -0.486 e. The van der Waals surface area contributed by atoms with E-state index in [0.717, 1.165) is 36.3 Å². The number of nitrogens with zero attached hydrogens (tertiary/aromatic N) is 1. The molecule has 0 atom stereocenters. The van der Waals surface area contributed by atoms with Crippen LogP contribution in [0.4, 0.5) is 0 Å². The highest BCUT2D eigenvalue weighted by Gasteiger charge is 2.30. The largest absolute Gasteiger partial charge is 0.486 e. The number of benzene rings is 2. The number of sulfonamides is 1. The first kappa shape index (κ1) is 24.1. The molecule has 2 aliphatic heterocycles. The van der Waals surface area contributed by atoms with Crippen molar-refractivity contribution in [3.63, 3.8) is 0 Å². The van der Waals surface area contributed by atoms with E-state index < -0.39 is 10.0 Å². The van der Waals surface area contributed by atoms with Gasteiger partial charge in [0.05, 0.1) is 4.90 Å². The molecule has 0 spiro atoms. The Balaban J connectivity index is 1.18. The lowest BCUT2D eigenvalue weighted by Crippen LogP contribution is -2.36. The number of aliphatic imine (C=N–C) groups is 1. The molecule has 2 aliphatic rings. The summed E-state index contributed by atoms with van der Waals surface area (Å²) >= 11 is 0. The summed E-state index contributed by atoms with van der Waals surface area (Å²) in [6.07, 6.45) is 2.82. The highest BCUT2D eigenvalue weighted by molar-refractivity contribution is 7.90. The van der Waals surface area contributed by atoms with E-state index >= 15 is 0 Å². The number of hydrogen-bond donors (Lipinski definition) is 2. The molecular formula is C25H31N3O5S. The summed E-state index contributed by atoms with van der Waals surface area (Å²) in [4.78, 5) is 17.0. The average Bonchev–Trinajstić information content (AvgIpc) is 3.09. The van der Waals surface area contributed by atoms with Crippen LogP contribution in [-0.4, -0.2) is 46.5 Å². The van der Waals surface area contributed by atoms with Crippen molar-refractivity contribution in [1.82, 2.24) is 10.0 Å². The van der Waals surface area contributed by atoms with E-state index in [-0.39, 0.29) is 16.2 Å². The first-order valence-corrected chi connectivity index (χ1v) is 13.1. The molecule has 0 aromatic heterocycles. The molecule has 2 aromatic carbocycles. The molecule has 0 bridgehead atoms. The summed E-state index contributed by atoms with van der Waals surface area (Å²) in [5.41, 5.74) is 1.45. The Bertz CT molecular complexity index is 1190. The second kappa shape index (κ2) is 10.0. The molecule has 8 nitrogen and oxygen atoms in total. The van der Waals surface area contributed by atoms with Crippen LogP contribution in [0, 0.1) is 0 Å². The zero-order valence-corrected chi connectivity index (χ0v) is 20.4. The molecule has 0 saturated heterocycles. The lowest BCUT2D eigenvalue weighted by atomic mass is 9.84. The van der Waals surface area contributed by atoms with Gasteiger partial charge in [0, 0.05) is 30.5 Å². The van der Waals surface area contributed by atoms with Gasteiger partial charge in [-0.2, -0.15) is 0 Å². The number of ether oxygens (including phenoxy) is 2. The van der Waals surface area contributed by atoms with Crippen LogP contribution in [0.15, 0.2) is 52.4 Å². The molecule has 0 aliphatic carbocycles. The highest BCUT2D eigenvalue weighted by atomic mass is 32.2. The quantitative estimate of drug-likeness (QED) is 0.531. The molecule has 2 heterocycles. The maximum absolute atomic E-state index is 12.3. The van der Waals surface area contributed by atoms with Crippen molar-refractivity contribution in [2.24, 2.45) is 4.99 Å². The Morgan fingerprint density at radius 2 is 1.82 bits per heavy atom. The standard InChI is InChI=1S/C25H31N3O5S/c1-25(2,18-11-12-20-21(16-18)33-15-14-32-20)17-27-23(29)10-4-3-7-13-26-24-19-8-5-6-9-22(19)34(30,31)28-24/h5-6,8-9,11-12,16H,3-4,7,10,13-15,17H2,1-2H3,(H,26,28)(H,27,29). The molecule has 0 unspecified atom stereocenters. The number of amidine groups is 1. The number of amides is 1. The van der Waals surface area contributed by atoms with Crippen LogP contribution in [0.2, 0.25) is 0 Å². The normalized spacial score (nSPS) is 17.2. The van der Waals surface area contributed by atoms with Crippen LogP contribution in [-0.2, 0) is 20.2 Å². The third kappa shape index (κ3) is 5.52. The van der Waals surface area contributed by atoms with Crippen LogP contribution < -0.4 is 19.5 Å². The van der Waals surface area contributed by atoms with Crippen LogP contribution in [0.3, 0.4) is 0 Å². The van der Waals surface area contributed by atoms with Gasteiger partial charge >= 0.3 is 0 Å². The van der Waals surface area contributed by atoms with Crippen molar-refractivity contribution in [2.75, 3.05) is 26.3 Å². The van der Waals surface area contributed by atoms with Gasteiger partial charge in [-0.15, -0.1) is 0 Å². The van der Waals surface area contributed by atoms with Crippen molar-refractivity contribution >= 4 is 21.8 Å². The van der Waals surface area contributed by atoms with Crippen molar-refractivity contribution < 1.29 is 22.7 Å². The first-order chi connectivity index (χ1) is 16.3.